The molecule has 0 heterocycles. The van der Waals surface area contributed by atoms with E-state index >= 15 is 0 Å². The van der Waals surface area contributed by atoms with E-state index in [2.05, 4.69) is 14.8 Å². The van der Waals surface area contributed by atoms with E-state index < -0.39 is 28.4 Å². The number of carbonyl (C=O) groups excluding carboxylic acids is 1. The first-order valence-electron chi connectivity index (χ1n) is 8.49. The van der Waals surface area contributed by atoms with Crippen molar-refractivity contribution < 1.29 is 31.1 Å². The van der Waals surface area contributed by atoms with E-state index in [4.69, 9.17) is 0 Å². The van der Waals surface area contributed by atoms with Crippen LogP contribution in [0.1, 0.15) is 10.4 Å². The third-order valence-electron chi connectivity index (χ3n) is 3.90. The fraction of sp³-hybridized carbons (Fsp3) is 0.0500. The molecule has 0 bridgehead atoms. The maximum absolute atomic E-state index is 13.7. The van der Waals surface area contributed by atoms with E-state index in [0.29, 0.717) is 0 Å². The van der Waals surface area contributed by atoms with Gasteiger partial charge in [0, 0.05) is 5.56 Å². The van der Waals surface area contributed by atoms with Gasteiger partial charge in [0.1, 0.15) is 11.6 Å². The summed E-state index contributed by atoms with van der Waals surface area (Å²) in [5.74, 6) is -1.61. The Morgan fingerprint density at radius 1 is 0.867 bits per heavy atom. The minimum atomic E-state index is -4.08. The molecule has 0 atom stereocenters. The monoisotopic (exact) mass is 436 g/mol. The molecule has 1 amide bonds. The van der Waals surface area contributed by atoms with Crippen molar-refractivity contribution in [2.45, 2.75) is 11.5 Å². The summed E-state index contributed by atoms with van der Waals surface area (Å²) in [7, 11) is -4.08. The number of nitrogens with one attached hydrogen (secondary N) is 2. The van der Waals surface area contributed by atoms with E-state index in [9.17, 15) is 26.4 Å². The van der Waals surface area contributed by atoms with Crippen molar-refractivity contribution in [2.24, 2.45) is 0 Å². The van der Waals surface area contributed by atoms with Crippen LogP contribution in [0.25, 0.3) is 0 Å². The number of alkyl halides is 2. The van der Waals surface area contributed by atoms with Crippen molar-refractivity contribution in [3.05, 3.63) is 84.2 Å². The molecule has 0 unspecified atom stereocenters. The Labute approximate surface area is 170 Å². The normalized spacial score (nSPS) is 11.2. The molecule has 3 aromatic rings. The van der Waals surface area contributed by atoms with Gasteiger partial charge in [0.2, 0.25) is 0 Å². The second kappa shape index (κ2) is 8.87. The third-order valence-corrected chi connectivity index (χ3v) is 5.28. The number of carbonyl (C=O) groups is 1. The summed E-state index contributed by atoms with van der Waals surface area (Å²) in [5, 5.41) is 2.43. The Bertz CT molecular complexity index is 1150. The molecular formula is C20H15F3N2O4S. The van der Waals surface area contributed by atoms with Gasteiger partial charge in [-0.2, -0.15) is 8.78 Å². The van der Waals surface area contributed by atoms with Crippen LogP contribution in [-0.2, 0) is 10.0 Å². The lowest BCUT2D eigenvalue weighted by Crippen LogP contribution is -2.16. The van der Waals surface area contributed by atoms with Gasteiger partial charge in [0.15, 0.2) is 0 Å². The van der Waals surface area contributed by atoms with E-state index in [1.165, 1.54) is 66.7 Å². The van der Waals surface area contributed by atoms with Crippen molar-refractivity contribution in [3.8, 4) is 5.75 Å². The first kappa shape index (κ1) is 21.2. The Kier molecular flexibility index (Phi) is 6.26. The second-order valence-corrected chi connectivity index (χ2v) is 7.62. The number of ether oxygens (including phenoxy) is 1. The van der Waals surface area contributed by atoms with Crippen LogP contribution in [-0.4, -0.2) is 20.9 Å². The van der Waals surface area contributed by atoms with Crippen LogP contribution in [0.3, 0.4) is 0 Å². The van der Waals surface area contributed by atoms with Crippen molar-refractivity contribution in [3.63, 3.8) is 0 Å². The third kappa shape index (κ3) is 5.09. The van der Waals surface area contributed by atoms with Gasteiger partial charge >= 0.3 is 6.61 Å². The lowest BCUT2D eigenvalue weighted by atomic mass is 10.2. The molecule has 0 aliphatic rings. The maximum atomic E-state index is 13.7. The number of hydrogen-bond acceptors (Lipinski definition) is 4. The number of para-hydroxylation sites is 3. The van der Waals surface area contributed by atoms with Crippen molar-refractivity contribution in [1.82, 2.24) is 0 Å². The van der Waals surface area contributed by atoms with Crippen LogP contribution in [0.5, 0.6) is 5.75 Å². The number of rotatable bonds is 7. The molecular weight excluding hydrogens is 421 g/mol. The summed E-state index contributed by atoms with van der Waals surface area (Å²) < 4.78 is 69.9. The minimum absolute atomic E-state index is 0.0284. The Hall–Kier alpha value is -3.53. The Balaban J connectivity index is 1.76. The van der Waals surface area contributed by atoms with Crippen LogP contribution in [0.4, 0.5) is 24.5 Å². The lowest BCUT2D eigenvalue weighted by Gasteiger charge is -2.12. The molecule has 0 fully saturated rings. The van der Waals surface area contributed by atoms with Gasteiger partial charge in [-0.15, -0.1) is 0 Å². The molecule has 0 aliphatic carbocycles. The number of amides is 1. The summed E-state index contributed by atoms with van der Waals surface area (Å²) in [6.45, 7) is -3.06. The minimum Gasteiger partial charge on any atom is -0.433 e. The largest absolute Gasteiger partial charge is 0.433 e. The average molecular weight is 436 g/mol. The molecule has 3 aromatic carbocycles. The Morgan fingerprint density at radius 2 is 1.47 bits per heavy atom. The smallest absolute Gasteiger partial charge is 0.387 e. The van der Waals surface area contributed by atoms with Gasteiger partial charge in [-0.05, 0) is 48.5 Å². The fourth-order valence-electron chi connectivity index (χ4n) is 2.50. The topological polar surface area (TPSA) is 84.5 Å². The summed E-state index contributed by atoms with van der Waals surface area (Å²) in [5.41, 5.74) is -0.109. The molecule has 156 valence electrons. The highest BCUT2D eigenvalue weighted by Crippen LogP contribution is 2.26. The van der Waals surface area contributed by atoms with Gasteiger partial charge < -0.3 is 10.1 Å². The van der Waals surface area contributed by atoms with Crippen LogP contribution in [0.15, 0.2) is 77.7 Å². The summed E-state index contributed by atoms with van der Waals surface area (Å²) >= 11 is 0. The van der Waals surface area contributed by atoms with E-state index in [0.717, 1.165) is 6.07 Å². The zero-order chi connectivity index (χ0) is 21.7. The van der Waals surface area contributed by atoms with Crippen LogP contribution in [0, 0.1) is 5.82 Å². The van der Waals surface area contributed by atoms with Gasteiger partial charge in [0.05, 0.1) is 16.3 Å². The summed E-state index contributed by atoms with van der Waals surface area (Å²) in [6.07, 6.45) is 0. The molecule has 0 saturated heterocycles. The number of anilines is 2. The number of benzene rings is 3. The molecule has 6 nitrogen and oxygen atoms in total. The molecule has 30 heavy (non-hydrogen) atoms. The second-order valence-electron chi connectivity index (χ2n) is 5.94. The number of sulfonamides is 1. The molecule has 0 spiro atoms. The highest BCUT2D eigenvalue weighted by Gasteiger charge is 2.18. The van der Waals surface area contributed by atoms with Crippen molar-refractivity contribution >= 4 is 27.3 Å². The van der Waals surface area contributed by atoms with Gasteiger partial charge in [-0.3, -0.25) is 9.52 Å². The maximum Gasteiger partial charge on any atom is 0.387 e. The summed E-state index contributed by atoms with van der Waals surface area (Å²) in [4.78, 5) is 12.2. The zero-order valence-electron chi connectivity index (χ0n) is 15.2. The molecule has 3 rings (SSSR count). The van der Waals surface area contributed by atoms with E-state index in [-0.39, 0.29) is 27.6 Å². The van der Waals surface area contributed by atoms with Crippen LogP contribution < -0.4 is 14.8 Å². The molecule has 10 heteroatoms. The molecule has 0 radical (unpaired) electrons. The van der Waals surface area contributed by atoms with Crippen LogP contribution in [0.2, 0.25) is 0 Å². The standard InChI is InChI=1S/C20H15F3N2O4S/c21-15-5-1-2-6-16(15)25-30(27,28)14-11-9-13(10-12-14)19(26)24-17-7-3-4-8-18(17)29-20(22)23/h1-12,20,25H,(H,24,26). The highest BCUT2D eigenvalue weighted by atomic mass is 32.2. The van der Waals surface area contributed by atoms with E-state index in [1.54, 1.807) is 0 Å². The van der Waals surface area contributed by atoms with Gasteiger partial charge in [-0.25, -0.2) is 12.8 Å². The van der Waals surface area contributed by atoms with E-state index in [1.807, 2.05) is 0 Å². The fourth-order valence-corrected chi connectivity index (χ4v) is 3.56. The highest BCUT2D eigenvalue weighted by molar-refractivity contribution is 7.92. The number of hydrogen-bond donors (Lipinski definition) is 2. The molecule has 2 N–H and O–H groups in total. The van der Waals surface area contributed by atoms with Crippen LogP contribution >= 0.6 is 0 Å². The van der Waals surface area contributed by atoms with Gasteiger partial charge in [-0.1, -0.05) is 24.3 Å². The first-order chi connectivity index (χ1) is 14.3. The number of halogens is 3. The Morgan fingerprint density at radius 3 is 2.10 bits per heavy atom. The van der Waals surface area contributed by atoms with Crippen molar-refractivity contribution in [1.29, 1.82) is 0 Å². The SMILES string of the molecule is O=C(Nc1ccccc1OC(F)F)c1ccc(S(=O)(=O)Nc2ccccc2F)cc1. The predicted molar refractivity (Wildman–Crippen MR) is 105 cm³/mol. The average Bonchev–Trinajstić information content (AvgIpc) is 2.71. The zero-order valence-corrected chi connectivity index (χ0v) is 16.0. The quantitative estimate of drug-likeness (QED) is 0.572. The molecule has 0 saturated carbocycles. The predicted octanol–water partition coefficient (Wildman–Crippen LogP) is 4.48. The molecule has 0 aromatic heterocycles. The van der Waals surface area contributed by atoms with Gasteiger partial charge in [0.25, 0.3) is 15.9 Å². The molecule has 0 aliphatic heterocycles. The summed E-state index contributed by atoms with van der Waals surface area (Å²) in [6, 6.07) is 15.7. The first-order valence-corrected chi connectivity index (χ1v) is 9.97. The lowest BCUT2D eigenvalue weighted by molar-refractivity contribution is -0.0493. The van der Waals surface area contributed by atoms with Crippen molar-refractivity contribution in [2.75, 3.05) is 10.0 Å².